The minimum atomic E-state index is 0.587. The molecule has 0 unspecified atom stereocenters. The quantitative estimate of drug-likeness (QED) is 0.526. The van der Waals surface area contributed by atoms with Gasteiger partial charge in [0.05, 0.1) is 11.3 Å². The summed E-state index contributed by atoms with van der Waals surface area (Å²) in [6.07, 6.45) is 1.89. The molecule has 0 fully saturated rings. The molecule has 3 rings (SSSR count). The number of aryl methyl sites for hydroxylation is 1. The van der Waals surface area contributed by atoms with Crippen LogP contribution in [0.25, 0.3) is 22.9 Å². The summed E-state index contributed by atoms with van der Waals surface area (Å²) in [6.45, 7) is 2.04. The number of hydrogen-bond donors (Lipinski definition) is 0. The van der Waals surface area contributed by atoms with E-state index in [-0.39, 0.29) is 0 Å². The molecule has 0 spiro atoms. The fourth-order valence-electron chi connectivity index (χ4n) is 2.22. The summed E-state index contributed by atoms with van der Waals surface area (Å²) in [4.78, 5) is 4.61. The zero-order valence-corrected chi connectivity index (χ0v) is 14.9. The Morgan fingerprint density at radius 2 is 2.00 bits per heavy atom. The lowest BCUT2D eigenvalue weighted by atomic mass is 10.1. The normalized spacial score (nSPS) is 11.3. The maximum Gasteiger partial charge on any atom is 0.134 e. The molecule has 0 saturated carbocycles. The Morgan fingerprint density at radius 1 is 1.22 bits per heavy atom. The maximum atomic E-state index is 9.47. The molecule has 0 atom stereocenters. The van der Waals surface area contributed by atoms with E-state index in [0.717, 1.165) is 26.3 Å². The van der Waals surface area contributed by atoms with Crippen LogP contribution in [0.3, 0.4) is 0 Å². The average Bonchev–Trinajstić information content (AvgIpc) is 3.03. The van der Waals surface area contributed by atoms with E-state index in [1.807, 2.05) is 60.8 Å². The molecule has 0 aliphatic heterocycles. The van der Waals surface area contributed by atoms with E-state index in [2.05, 4.69) is 33.0 Å². The van der Waals surface area contributed by atoms with Gasteiger partial charge in [-0.2, -0.15) is 5.26 Å². The lowest BCUT2D eigenvalue weighted by Gasteiger charge is -1.98. The highest BCUT2D eigenvalue weighted by Crippen LogP contribution is 2.28. The summed E-state index contributed by atoms with van der Waals surface area (Å²) in [5.41, 5.74) is 4.71. The van der Waals surface area contributed by atoms with E-state index >= 15 is 0 Å². The van der Waals surface area contributed by atoms with Gasteiger partial charge in [0, 0.05) is 15.4 Å². The lowest BCUT2D eigenvalue weighted by molar-refractivity contribution is 1.37. The number of thiazole rings is 1. The number of nitrogens with zero attached hydrogens (tertiary/aromatic N) is 2. The van der Waals surface area contributed by atoms with Gasteiger partial charge in [-0.15, -0.1) is 11.3 Å². The van der Waals surface area contributed by atoms with Gasteiger partial charge in [0.2, 0.25) is 0 Å². The molecule has 4 heteroatoms. The third-order valence-electron chi connectivity index (χ3n) is 3.35. The molecule has 0 aliphatic carbocycles. The van der Waals surface area contributed by atoms with Crippen molar-refractivity contribution >= 4 is 38.9 Å². The summed E-state index contributed by atoms with van der Waals surface area (Å²) in [5, 5.41) is 12.2. The van der Waals surface area contributed by atoms with Crippen LogP contribution in [0.1, 0.15) is 16.1 Å². The van der Waals surface area contributed by atoms with E-state index in [1.54, 1.807) is 0 Å². The second kappa shape index (κ2) is 6.91. The van der Waals surface area contributed by atoms with Crippen LogP contribution in [0.5, 0.6) is 0 Å². The molecule has 0 N–H and O–H groups in total. The van der Waals surface area contributed by atoms with Crippen molar-refractivity contribution in [1.29, 1.82) is 5.26 Å². The van der Waals surface area contributed by atoms with E-state index in [9.17, 15) is 5.26 Å². The van der Waals surface area contributed by atoms with Gasteiger partial charge in [-0.25, -0.2) is 4.98 Å². The van der Waals surface area contributed by atoms with Gasteiger partial charge in [0.25, 0.3) is 0 Å². The third kappa shape index (κ3) is 3.76. The molecular formula is C19H13BrN2S. The van der Waals surface area contributed by atoms with Crippen LogP contribution in [0.15, 0.2) is 58.4 Å². The summed E-state index contributed by atoms with van der Waals surface area (Å²) < 4.78 is 1.04. The molecular weight excluding hydrogens is 368 g/mol. The predicted octanol–water partition coefficient (Wildman–Crippen LogP) is 5.95. The minimum Gasteiger partial charge on any atom is -0.235 e. The van der Waals surface area contributed by atoms with Gasteiger partial charge in [0.1, 0.15) is 11.1 Å². The summed E-state index contributed by atoms with van der Waals surface area (Å²) in [7, 11) is 0. The molecule has 0 aliphatic rings. The number of allylic oxidation sites excluding steroid dienone is 1. The molecule has 2 nitrogen and oxygen atoms in total. The lowest BCUT2D eigenvalue weighted by Crippen LogP contribution is -1.83. The van der Waals surface area contributed by atoms with Gasteiger partial charge in [-0.3, -0.25) is 0 Å². The SMILES string of the molecule is Cc1cccc(/C=C(/C#N)c2nc(-c3ccc(Br)cc3)cs2)c1. The van der Waals surface area contributed by atoms with Crippen molar-refractivity contribution in [3.63, 3.8) is 0 Å². The van der Waals surface area contributed by atoms with Crippen LogP contribution in [0.4, 0.5) is 0 Å². The molecule has 0 radical (unpaired) electrons. The zero-order chi connectivity index (χ0) is 16.2. The Balaban J connectivity index is 1.94. The summed E-state index contributed by atoms with van der Waals surface area (Å²) in [6, 6.07) is 18.3. The van der Waals surface area contributed by atoms with Crippen molar-refractivity contribution < 1.29 is 0 Å². The van der Waals surface area contributed by atoms with Crippen LogP contribution >= 0.6 is 27.3 Å². The first-order valence-corrected chi connectivity index (χ1v) is 8.73. The number of halogens is 1. The predicted molar refractivity (Wildman–Crippen MR) is 99.9 cm³/mol. The molecule has 0 amide bonds. The first kappa shape index (κ1) is 15.7. The van der Waals surface area contributed by atoms with Gasteiger partial charge in [-0.05, 0) is 30.7 Å². The number of hydrogen-bond acceptors (Lipinski definition) is 3. The van der Waals surface area contributed by atoms with E-state index in [1.165, 1.54) is 16.9 Å². The second-order valence-electron chi connectivity index (χ2n) is 5.13. The van der Waals surface area contributed by atoms with Gasteiger partial charge < -0.3 is 0 Å². The van der Waals surface area contributed by atoms with Crippen molar-refractivity contribution in [1.82, 2.24) is 4.98 Å². The molecule has 0 saturated heterocycles. The van der Waals surface area contributed by atoms with E-state index in [4.69, 9.17) is 0 Å². The van der Waals surface area contributed by atoms with Crippen LogP contribution in [0, 0.1) is 18.3 Å². The van der Waals surface area contributed by atoms with Gasteiger partial charge in [0.15, 0.2) is 0 Å². The zero-order valence-electron chi connectivity index (χ0n) is 12.5. The summed E-state index contributed by atoms with van der Waals surface area (Å²) in [5.74, 6) is 0. The van der Waals surface area contributed by atoms with E-state index < -0.39 is 0 Å². The van der Waals surface area contributed by atoms with Gasteiger partial charge in [-0.1, -0.05) is 57.9 Å². The maximum absolute atomic E-state index is 9.47. The highest BCUT2D eigenvalue weighted by atomic mass is 79.9. The van der Waals surface area contributed by atoms with E-state index in [0.29, 0.717) is 5.57 Å². The standard InChI is InChI=1S/C19H13BrN2S/c1-13-3-2-4-14(9-13)10-16(11-21)19-22-18(12-23-19)15-5-7-17(20)8-6-15/h2-10,12H,1H3/b16-10-. The van der Waals surface area contributed by atoms with Crippen molar-refractivity contribution in [2.75, 3.05) is 0 Å². The molecule has 0 bridgehead atoms. The third-order valence-corrected chi connectivity index (χ3v) is 4.75. The molecule has 3 aromatic rings. The Bertz CT molecular complexity index is 902. The van der Waals surface area contributed by atoms with Crippen LogP contribution in [-0.4, -0.2) is 4.98 Å². The van der Waals surface area contributed by atoms with Gasteiger partial charge >= 0.3 is 0 Å². The second-order valence-corrected chi connectivity index (χ2v) is 6.90. The highest BCUT2D eigenvalue weighted by molar-refractivity contribution is 9.10. The van der Waals surface area contributed by atoms with Crippen molar-refractivity contribution in [2.24, 2.45) is 0 Å². The van der Waals surface area contributed by atoms with Crippen molar-refractivity contribution in [3.8, 4) is 17.3 Å². The smallest absolute Gasteiger partial charge is 0.134 e. The average molecular weight is 381 g/mol. The fourth-order valence-corrected chi connectivity index (χ4v) is 3.28. The Hall–Kier alpha value is -2.22. The Labute approximate surface area is 147 Å². The van der Waals surface area contributed by atoms with Crippen LogP contribution in [0.2, 0.25) is 0 Å². The first-order valence-electron chi connectivity index (χ1n) is 7.06. The number of benzene rings is 2. The highest BCUT2D eigenvalue weighted by Gasteiger charge is 2.09. The molecule has 1 heterocycles. The minimum absolute atomic E-state index is 0.587. The molecule has 112 valence electrons. The topological polar surface area (TPSA) is 36.7 Å². The molecule has 2 aromatic carbocycles. The fraction of sp³-hybridized carbons (Fsp3) is 0.0526. The van der Waals surface area contributed by atoms with Crippen LogP contribution in [-0.2, 0) is 0 Å². The molecule has 1 aromatic heterocycles. The Morgan fingerprint density at radius 3 is 2.70 bits per heavy atom. The number of nitriles is 1. The molecule has 23 heavy (non-hydrogen) atoms. The summed E-state index contributed by atoms with van der Waals surface area (Å²) >= 11 is 4.92. The largest absolute Gasteiger partial charge is 0.235 e. The Kier molecular flexibility index (Phi) is 4.71. The van der Waals surface area contributed by atoms with Crippen molar-refractivity contribution in [2.45, 2.75) is 6.92 Å². The first-order chi connectivity index (χ1) is 11.2. The van der Waals surface area contributed by atoms with Crippen molar-refractivity contribution in [3.05, 3.63) is 74.5 Å². The number of aromatic nitrogens is 1. The number of rotatable bonds is 3. The monoisotopic (exact) mass is 380 g/mol. The van der Waals surface area contributed by atoms with Crippen LogP contribution < -0.4 is 0 Å².